The molecule has 0 spiro atoms. The lowest BCUT2D eigenvalue weighted by Crippen LogP contribution is -2.32. The van der Waals surface area contributed by atoms with Crippen LogP contribution in [0.4, 0.5) is 0 Å². The van der Waals surface area contributed by atoms with Crippen LogP contribution in [0, 0.1) is 41.4 Å². The molecule has 15 heteroatoms. The smallest absolute Gasteiger partial charge is 0.309 e. The van der Waals surface area contributed by atoms with E-state index < -0.39 is 66.1 Å². The maximum absolute atomic E-state index is 13.6. The number of unbranched alkanes of at least 4 members (excludes halogenated alkanes) is 33. The molecule has 0 aliphatic rings. The fourth-order valence-corrected chi connectivity index (χ4v) is 13.5. The summed E-state index contributed by atoms with van der Waals surface area (Å²) in [7, 11) is 0. The molecule has 0 aromatic carbocycles. The summed E-state index contributed by atoms with van der Waals surface area (Å²) in [6.07, 6.45) is 71.5. The third-order valence-electron chi connectivity index (χ3n) is 20.3. The Morgan fingerprint density at radius 2 is 0.798 bits per heavy atom. The molecule has 0 bridgehead atoms. The van der Waals surface area contributed by atoms with Crippen LogP contribution in [0.1, 0.15) is 376 Å². The highest BCUT2D eigenvalue weighted by Crippen LogP contribution is 2.29. The Balaban J connectivity index is 5.35. The molecule has 8 unspecified atom stereocenters. The summed E-state index contributed by atoms with van der Waals surface area (Å²) in [5.74, 6) is -6.58. The second-order valence-corrected chi connectivity index (χ2v) is 29.7. The van der Waals surface area contributed by atoms with Crippen molar-refractivity contribution in [3.05, 3.63) is 72.9 Å². The number of esters is 4. The first-order valence-electron chi connectivity index (χ1n) is 42.2. The van der Waals surface area contributed by atoms with Crippen LogP contribution >= 0.6 is 0 Å². The van der Waals surface area contributed by atoms with Crippen LogP contribution in [0.2, 0.25) is 0 Å². The van der Waals surface area contributed by atoms with E-state index in [-0.39, 0.29) is 68.4 Å². The first kappa shape index (κ1) is 98.4. The number of carbonyl (C=O) groups excluding carboxylic acids is 6. The van der Waals surface area contributed by atoms with Crippen LogP contribution in [-0.2, 0) is 57.3 Å². The zero-order valence-electron chi connectivity index (χ0n) is 66.9. The predicted octanol–water partition coefficient (Wildman–Crippen LogP) is 22.7. The van der Waals surface area contributed by atoms with Crippen LogP contribution < -0.4 is 5.11 Å². The largest absolute Gasteiger partial charge is 0.550 e. The lowest BCUT2D eigenvalue weighted by molar-refractivity contribution is -0.307. The second-order valence-electron chi connectivity index (χ2n) is 29.7. The minimum Gasteiger partial charge on any atom is -0.550 e. The van der Waals surface area contributed by atoms with Gasteiger partial charge in [0.2, 0.25) is 0 Å². The van der Waals surface area contributed by atoms with Crippen molar-refractivity contribution in [2.24, 2.45) is 41.4 Å². The number of Topliss-reactive ketones (excluding diaryl/α,β-unsaturated/α-hetero) is 1. The molecule has 0 fully saturated rings. The van der Waals surface area contributed by atoms with Gasteiger partial charge >= 0.3 is 35.8 Å². The van der Waals surface area contributed by atoms with E-state index in [1.807, 2.05) is 32.1 Å². The van der Waals surface area contributed by atoms with E-state index in [0.717, 1.165) is 154 Å². The van der Waals surface area contributed by atoms with Crippen LogP contribution in [0.3, 0.4) is 0 Å². The fourth-order valence-electron chi connectivity index (χ4n) is 13.5. The zero-order valence-corrected chi connectivity index (χ0v) is 66.9. The summed E-state index contributed by atoms with van der Waals surface area (Å²) in [6.45, 7) is 14.4. The number of hydrogen-bond donors (Lipinski definition) is 2. The molecule has 0 aliphatic heterocycles. The summed E-state index contributed by atoms with van der Waals surface area (Å²) >= 11 is 0. The Morgan fingerprint density at radius 1 is 0.385 bits per heavy atom. The van der Waals surface area contributed by atoms with Gasteiger partial charge in [0.15, 0.2) is 6.10 Å². The normalized spacial score (nSPS) is 14.3. The third kappa shape index (κ3) is 60.5. The molecular weight excluding hydrogens is 1310 g/mol. The molecule has 0 amide bonds. The first-order chi connectivity index (χ1) is 50.4. The number of rotatable bonds is 75. The third-order valence-corrected chi connectivity index (χ3v) is 20.3. The highest BCUT2D eigenvalue weighted by atomic mass is 16.6. The number of carboxylic acids is 3. The first-order valence-corrected chi connectivity index (χ1v) is 42.2. The Hall–Kier alpha value is -5.60. The van der Waals surface area contributed by atoms with Gasteiger partial charge in [-0.1, -0.05) is 314 Å². The van der Waals surface area contributed by atoms with Crippen LogP contribution in [0.5, 0.6) is 0 Å². The van der Waals surface area contributed by atoms with Gasteiger partial charge in [-0.3, -0.25) is 33.6 Å². The number of carboxylic acid groups (broad SMARTS) is 3. The number of allylic oxidation sites excluding steroid dienone is 12. The van der Waals surface area contributed by atoms with Gasteiger partial charge in [-0.05, 0) is 127 Å². The van der Waals surface area contributed by atoms with Gasteiger partial charge in [0, 0.05) is 37.6 Å². The molecule has 0 radical (unpaired) electrons. The second kappa shape index (κ2) is 71.6. The lowest BCUT2D eigenvalue weighted by Gasteiger charge is -2.22. The maximum atomic E-state index is 13.6. The molecule has 0 saturated heterocycles. The van der Waals surface area contributed by atoms with Crippen molar-refractivity contribution in [1.29, 1.82) is 0 Å². The van der Waals surface area contributed by atoms with E-state index in [9.17, 15) is 53.7 Å². The van der Waals surface area contributed by atoms with E-state index in [1.165, 1.54) is 116 Å². The van der Waals surface area contributed by atoms with E-state index in [4.69, 9.17) is 18.9 Å². The van der Waals surface area contributed by atoms with Crippen LogP contribution in [0.25, 0.3) is 0 Å². The summed E-state index contributed by atoms with van der Waals surface area (Å²) in [5.41, 5.74) is 0. The maximum Gasteiger partial charge on any atom is 0.309 e. The molecule has 15 nitrogen and oxygen atoms in total. The Bertz CT molecular complexity index is 2350. The fraction of sp³-hybridized carbons (Fsp3) is 0.775. The monoisotopic (exact) mass is 1460 g/mol. The number of aliphatic carboxylic acids is 3. The summed E-state index contributed by atoms with van der Waals surface area (Å²) in [4.78, 5) is 99.5. The average molecular weight is 1460 g/mol. The molecule has 104 heavy (non-hydrogen) atoms. The number of ether oxygens (including phenoxy) is 4. The molecule has 598 valence electrons. The molecule has 0 saturated carbocycles. The lowest BCUT2D eigenvalue weighted by atomic mass is 9.82. The van der Waals surface area contributed by atoms with E-state index in [1.54, 1.807) is 12.2 Å². The summed E-state index contributed by atoms with van der Waals surface area (Å²) in [6, 6.07) is 0. The van der Waals surface area contributed by atoms with Crippen molar-refractivity contribution < 1.29 is 72.6 Å². The van der Waals surface area contributed by atoms with Crippen LogP contribution in [-0.4, -0.2) is 83.7 Å². The molecular formula is C89H151O15-. The summed E-state index contributed by atoms with van der Waals surface area (Å²) in [5, 5.41) is 30.0. The van der Waals surface area contributed by atoms with Crippen molar-refractivity contribution in [1.82, 2.24) is 0 Å². The number of hydrogen-bond acceptors (Lipinski definition) is 13. The van der Waals surface area contributed by atoms with Crippen molar-refractivity contribution in [3.8, 4) is 0 Å². The van der Waals surface area contributed by atoms with Gasteiger partial charge in [-0.15, -0.1) is 0 Å². The van der Waals surface area contributed by atoms with Crippen molar-refractivity contribution in [3.63, 3.8) is 0 Å². The average Bonchev–Trinajstić information content (AvgIpc) is 0.919. The van der Waals surface area contributed by atoms with E-state index >= 15 is 0 Å². The number of ketones is 1. The highest BCUT2D eigenvalue weighted by Gasteiger charge is 2.28. The predicted molar refractivity (Wildman–Crippen MR) is 422 cm³/mol. The van der Waals surface area contributed by atoms with Crippen molar-refractivity contribution >= 4 is 47.6 Å². The molecule has 0 aromatic heterocycles. The topological polar surface area (TPSA) is 237 Å². The quantitative estimate of drug-likeness (QED) is 0.0189. The van der Waals surface area contributed by atoms with Crippen LogP contribution in [0.15, 0.2) is 72.9 Å². The SMILES string of the molecule is CCCCCCCCCCC(CCCCCCCC)COC(=O)C(C)C(/C=C/C=C\CCCCCCCC(=O)OCC(COC(=O)CCCCCCC/C=C\C/C=C\C=C\C(CC)C(CC(=O)[O-])C(=O)O)OC(=O)CCCCCC/C=C/C(CCCCCCCC)C(CC(=O)O)C(C)=O)CCCCC. The molecule has 0 rings (SSSR count). The molecule has 0 aliphatic carbocycles. The van der Waals surface area contributed by atoms with E-state index in [0.29, 0.717) is 44.6 Å². The van der Waals surface area contributed by atoms with Crippen molar-refractivity contribution in [2.75, 3.05) is 19.8 Å². The standard InChI is InChI=1S/C89H152O15/c1-8-13-17-20-23-33-41-51-60-76(59-50-40-21-18-14-9-2)71-103-89(100)74(6)78(62-49-16-11-4)63-53-44-35-30-28-32-37-47-57-67-86(96)102-73-80(104-87(97)68-58-48-39-38-45-55-65-79(64-54-42-22-19-15-10-3)81(75(7)90)69-83(91)92)72-101-85(95)66-56-46-36-31-27-25-24-26-29-34-43-52-61-77(12-5)82(88(98)99)70-84(93)94/h24,26,34-35,43-44,52-53,55,61,63,65,74,76-82H,8-23,25,27-33,36-42,45-51,54,56-60,62,64,66-73H2,1-7H3,(H,91,92)(H,93,94)(H,98,99)/p-1/b26-24-,43-34-,44-35-,61-52+,63-53+,65-55+. The molecule has 0 heterocycles. The zero-order chi connectivity index (χ0) is 76.7. The molecule has 8 atom stereocenters. The van der Waals surface area contributed by atoms with Gasteiger partial charge in [-0.2, -0.15) is 0 Å². The molecule has 2 N–H and O–H groups in total. The van der Waals surface area contributed by atoms with Gasteiger partial charge in [0.25, 0.3) is 0 Å². The molecule has 0 aromatic rings. The Morgan fingerprint density at radius 3 is 1.28 bits per heavy atom. The van der Waals surface area contributed by atoms with Gasteiger partial charge in [0.1, 0.15) is 19.0 Å². The minimum absolute atomic E-state index is 0.0618. The minimum atomic E-state index is -1.37. The Kier molecular flexibility index (Phi) is 67.8. The van der Waals surface area contributed by atoms with Crippen molar-refractivity contribution in [2.45, 2.75) is 382 Å². The highest BCUT2D eigenvalue weighted by molar-refractivity contribution is 5.83. The number of carbonyl (C=O) groups is 8. The van der Waals surface area contributed by atoms with Gasteiger partial charge < -0.3 is 39.1 Å². The van der Waals surface area contributed by atoms with Gasteiger partial charge in [-0.25, -0.2) is 0 Å². The Labute approximate surface area is 633 Å². The van der Waals surface area contributed by atoms with Gasteiger partial charge in [0.05, 0.1) is 24.9 Å². The summed E-state index contributed by atoms with van der Waals surface area (Å²) < 4.78 is 23.2. The van der Waals surface area contributed by atoms with E-state index in [2.05, 4.69) is 70.2 Å².